The molecule has 0 spiro atoms. The van der Waals surface area contributed by atoms with Gasteiger partial charge in [0.25, 0.3) is 0 Å². The third kappa shape index (κ3) is 1.69. The zero-order chi connectivity index (χ0) is 16.1. The zero-order valence-electron chi connectivity index (χ0n) is 12.8. The average molecular weight is 311 g/mol. The second kappa shape index (κ2) is 4.83. The molecule has 0 aliphatic rings. The summed E-state index contributed by atoms with van der Waals surface area (Å²) in [6, 6.07) is 25.3. The molecule has 0 N–H and O–H groups in total. The van der Waals surface area contributed by atoms with Crippen LogP contribution in [0.3, 0.4) is 0 Å². The first-order valence-electron chi connectivity index (χ1n) is 7.85. The van der Waals surface area contributed by atoms with Crippen molar-refractivity contribution in [3.05, 3.63) is 89.1 Å². The summed E-state index contributed by atoms with van der Waals surface area (Å²) < 4.78 is 8.17. The lowest BCUT2D eigenvalue weighted by molar-refractivity contribution is 0.637. The Balaban J connectivity index is 2.10. The van der Waals surface area contributed by atoms with Crippen molar-refractivity contribution in [1.82, 2.24) is 4.57 Å². The van der Waals surface area contributed by atoms with Gasteiger partial charge in [-0.05, 0) is 30.3 Å². The van der Waals surface area contributed by atoms with Gasteiger partial charge in [-0.3, -0.25) is 9.36 Å². The predicted molar refractivity (Wildman–Crippen MR) is 96.8 cm³/mol. The van der Waals surface area contributed by atoms with Gasteiger partial charge in [0.2, 0.25) is 11.1 Å². The second-order valence-corrected chi connectivity index (χ2v) is 5.80. The number of hydrogen-bond acceptors (Lipinski definition) is 2. The van der Waals surface area contributed by atoms with E-state index < -0.39 is 0 Å². The summed E-state index contributed by atoms with van der Waals surface area (Å²) >= 11 is 0. The second-order valence-electron chi connectivity index (χ2n) is 5.80. The summed E-state index contributed by atoms with van der Waals surface area (Å²) in [5, 5.41) is 2.16. The van der Waals surface area contributed by atoms with Gasteiger partial charge in [0, 0.05) is 11.1 Å². The van der Waals surface area contributed by atoms with Crippen LogP contribution in [0, 0.1) is 0 Å². The van der Waals surface area contributed by atoms with E-state index in [9.17, 15) is 4.79 Å². The first-order chi connectivity index (χ1) is 11.8. The first-order valence-corrected chi connectivity index (χ1v) is 7.85. The number of rotatable bonds is 1. The molecule has 0 radical (unpaired) electrons. The molecule has 5 rings (SSSR count). The largest absolute Gasteiger partial charge is 0.439 e. The lowest BCUT2D eigenvalue weighted by Gasteiger charge is -2.06. The fourth-order valence-electron chi connectivity index (χ4n) is 3.35. The summed E-state index contributed by atoms with van der Waals surface area (Å²) in [4.78, 5) is 13.1. The maximum absolute atomic E-state index is 13.1. The smallest absolute Gasteiger partial charge is 0.217 e. The minimum Gasteiger partial charge on any atom is -0.439 e. The van der Waals surface area contributed by atoms with Crippen molar-refractivity contribution in [1.29, 1.82) is 0 Å². The van der Waals surface area contributed by atoms with Crippen molar-refractivity contribution in [2.45, 2.75) is 0 Å². The highest BCUT2D eigenvalue weighted by molar-refractivity contribution is 6.09. The Bertz CT molecular complexity index is 1260. The van der Waals surface area contributed by atoms with Gasteiger partial charge in [0.05, 0.1) is 16.3 Å². The standard InChI is InChI=1S/C21H13NO2/c23-20-16-11-5-7-13-18(16)24-21-19(20)15-10-4-6-12-17(15)22(21)14-8-2-1-3-9-14/h1-13H. The maximum atomic E-state index is 13.1. The van der Waals surface area contributed by atoms with Crippen LogP contribution in [-0.4, -0.2) is 4.57 Å². The molecule has 0 saturated carbocycles. The summed E-state index contributed by atoms with van der Waals surface area (Å²) in [7, 11) is 0. The third-order valence-electron chi connectivity index (χ3n) is 4.41. The van der Waals surface area contributed by atoms with E-state index in [2.05, 4.69) is 0 Å². The normalized spacial score (nSPS) is 11.5. The van der Waals surface area contributed by atoms with E-state index in [1.165, 1.54) is 0 Å². The monoisotopic (exact) mass is 311 g/mol. The molecule has 3 nitrogen and oxygen atoms in total. The Hall–Kier alpha value is -3.33. The third-order valence-corrected chi connectivity index (χ3v) is 4.41. The van der Waals surface area contributed by atoms with E-state index in [0.29, 0.717) is 22.1 Å². The van der Waals surface area contributed by atoms with Crippen LogP contribution in [0.25, 0.3) is 38.7 Å². The van der Waals surface area contributed by atoms with Crippen molar-refractivity contribution in [3.8, 4) is 5.69 Å². The Morgan fingerprint density at radius 1 is 0.708 bits per heavy atom. The highest BCUT2D eigenvalue weighted by atomic mass is 16.3. The molecule has 0 aliphatic heterocycles. The van der Waals surface area contributed by atoms with Crippen LogP contribution in [0.5, 0.6) is 0 Å². The first kappa shape index (κ1) is 13.1. The highest BCUT2D eigenvalue weighted by Gasteiger charge is 2.18. The average Bonchev–Trinajstić information content (AvgIpc) is 2.97. The highest BCUT2D eigenvalue weighted by Crippen LogP contribution is 2.31. The Morgan fingerprint density at radius 3 is 2.21 bits per heavy atom. The SMILES string of the molecule is O=c1c2ccccc2oc2c1c1ccccc1n2-c1ccccc1. The van der Waals surface area contributed by atoms with Crippen LogP contribution in [0.2, 0.25) is 0 Å². The molecule has 3 heteroatoms. The van der Waals surface area contributed by atoms with Crippen LogP contribution < -0.4 is 5.43 Å². The molecular formula is C21H13NO2. The van der Waals surface area contributed by atoms with Crippen LogP contribution in [-0.2, 0) is 0 Å². The molecule has 24 heavy (non-hydrogen) atoms. The number of nitrogens with zero attached hydrogens (tertiary/aromatic N) is 1. The maximum Gasteiger partial charge on any atom is 0.217 e. The molecule has 3 aromatic carbocycles. The van der Waals surface area contributed by atoms with Crippen LogP contribution >= 0.6 is 0 Å². The summed E-state index contributed by atoms with van der Waals surface area (Å²) in [5.41, 5.74) is 3.15. The lowest BCUT2D eigenvalue weighted by atomic mass is 10.1. The molecule has 0 atom stereocenters. The Kier molecular flexibility index (Phi) is 2.65. The van der Waals surface area contributed by atoms with Crippen molar-refractivity contribution in [3.63, 3.8) is 0 Å². The van der Waals surface area contributed by atoms with Gasteiger partial charge in [-0.1, -0.05) is 48.5 Å². The van der Waals surface area contributed by atoms with Gasteiger partial charge in [0.15, 0.2) is 0 Å². The predicted octanol–water partition coefficient (Wildman–Crippen LogP) is 4.89. The van der Waals surface area contributed by atoms with Crippen LogP contribution in [0.1, 0.15) is 0 Å². The molecular weight excluding hydrogens is 298 g/mol. The molecule has 0 saturated heterocycles. The van der Waals surface area contributed by atoms with E-state index in [-0.39, 0.29) is 5.43 Å². The fourth-order valence-corrected chi connectivity index (χ4v) is 3.35. The van der Waals surface area contributed by atoms with Gasteiger partial charge in [0.1, 0.15) is 5.58 Å². The number of fused-ring (bicyclic) bond motifs is 4. The van der Waals surface area contributed by atoms with Crippen molar-refractivity contribution < 1.29 is 4.42 Å². The topological polar surface area (TPSA) is 35.1 Å². The van der Waals surface area contributed by atoms with E-state index in [1.54, 1.807) is 0 Å². The van der Waals surface area contributed by atoms with Gasteiger partial charge < -0.3 is 4.42 Å². The van der Waals surface area contributed by atoms with E-state index >= 15 is 0 Å². The van der Waals surface area contributed by atoms with Gasteiger partial charge in [-0.15, -0.1) is 0 Å². The van der Waals surface area contributed by atoms with Crippen LogP contribution in [0.15, 0.2) is 88.1 Å². The molecule has 5 aromatic rings. The number of benzene rings is 3. The minimum atomic E-state index is 0.0118. The van der Waals surface area contributed by atoms with E-state index in [0.717, 1.165) is 16.6 Å². The van der Waals surface area contributed by atoms with E-state index in [4.69, 9.17) is 4.42 Å². The summed E-state index contributed by atoms with van der Waals surface area (Å²) in [6.45, 7) is 0. The van der Waals surface area contributed by atoms with Crippen molar-refractivity contribution in [2.24, 2.45) is 0 Å². The molecule has 2 heterocycles. The van der Waals surface area contributed by atoms with E-state index in [1.807, 2.05) is 83.4 Å². The zero-order valence-corrected chi connectivity index (χ0v) is 12.8. The Morgan fingerprint density at radius 2 is 1.38 bits per heavy atom. The van der Waals surface area contributed by atoms with Gasteiger partial charge >= 0.3 is 0 Å². The molecule has 0 aliphatic carbocycles. The van der Waals surface area contributed by atoms with Crippen LogP contribution in [0.4, 0.5) is 0 Å². The quantitative estimate of drug-likeness (QED) is 0.442. The molecule has 0 fully saturated rings. The molecule has 0 bridgehead atoms. The summed E-state index contributed by atoms with van der Waals surface area (Å²) in [5.74, 6) is 0. The molecule has 0 amide bonds. The number of aromatic nitrogens is 1. The molecule has 2 aromatic heterocycles. The van der Waals surface area contributed by atoms with Crippen molar-refractivity contribution >= 4 is 33.0 Å². The Labute approximate surface area is 137 Å². The number of hydrogen-bond donors (Lipinski definition) is 0. The van der Waals surface area contributed by atoms with Crippen molar-refractivity contribution in [2.75, 3.05) is 0 Å². The fraction of sp³-hybridized carbons (Fsp3) is 0. The van der Waals surface area contributed by atoms with Gasteiger partial charge in [-0.2, -0.15) is 0 Å². The minimum absolute atomic E-state index is 0.0118. The molecule has 114 valence electrons. The van der Waals surface area contributed by atoms with Gasteiger partial charge in [-0.25, -0.2) is 0 Å². The molecule has 0 unspecified atom stereocenters. The lowest BCUT2D eigenvalue weighted by Crippen LogP contribution is -2.02. The number of para-hydroxylation sites is 3. The summed E-state index contributed by atoms with van der Waals surface area (Å²) in [6.07, 6.45) is 0.